The second-order valence-electron chi connectivity index (χ2n) is 5.40. The Morgan fingerprint density at radius 3 is 2.64 bits per heavy atom. The van der Waals surface area contributed by atoms with Crippen molar-refractivity contribution in [3.8, 4) is 0 Å². The summed E-state index contributed by atoms with van der Waals surface area (Å²) in [5, 5.41) is 16.1. The van der Waals surface area contributed by atoms with Crippen molar-refractivity contribution < 1.29 is 9.72 Å². The summed E-state index contributed by atoms with van der Waals surface area (Å²) in [5.74, 6) is 0. The number of aryl methyl sites for hydroxylation is 2. The molecule has 0 spiro atoms. The number of nitrogens with zero attached hydrogens (tertiary/aromatic N) is 2. The highest BCUT2D eigenvalue weighted by atomic mass is 16.6. The number of aromatic nitrogens is 2. The number of nitro benzene ring substituents is 1. The van der Waals surface area contributed by atoms with Crippen molar-refractivity contribution in [1.82, 2.24) is 14.9 Å². The van der Waals surface area contributed by atoms with Crippen LogP contribution in [-0.2, 0) is 6.54 Å². The Morgan fingerprint density at radius 2 is 2.00 bits per heavy atom. The van der Waals surface area contributed by atoms with E-state index in [2.05, 4.69) is 15.6 Å². The summed E-state index contributed by atoms with van der Waals surface area (Å²) >= 11 is 0. The number of rotatable bonds is 5. The van der Waals surface area contributed by atoms with Crippen molar-refractivity contribution in [2.24, 2.45) is 0 Å². The average Bonchev–Trinajstić information content (AvgIpc) is 2.51. The molecule has 0 bridgehead atoms. The molecular weight excluding hydrogens is 330 g/mol. The minimum absolute atomic E-state index is 0.0827. The van der Waals surface area contributed by atoms with Crippen molar-refractivity contribution in [2.75, 3.05) is 11.9 Å². The van der Waals surface area contributed by atoms with Crippen LogP contribution < -0.4 is 21.9 Å². The Morgan fingerprint density at radius 1 is 1.28 bits per heavy atom. The van der Waals surface area contributed by atoms with E-state index in [4.69, 9.17) is 0 Å². The average molecular weight is 347 g/mol. The van der Waals surface area contributed by atoms with Gasteiger partial charge in [0.05, 0.1) is 10.6 Å². The topological polar surface area (TPSA) is 139 Å². The van der Waals surface area contributed by atoms with E-state index in [0.717, 1.165) is 0 Å². The molecule has 132 valence electrons. The number of hydrogen-bond donors (Lipinski definition) is 3. The fourth-order valence-corrected chi connectivity index (χ4v) is 2.25. The van der Waals surface area contributed by atoms with Gasteiger partial charge in [0.2, 0.25) is 0 Å². The van der Waals surface area contributed by atoms with Gasteiger partial charge in [0.15, 0.2) is 0 Å². The number of carbonyl (C=O) groups excluding carboxylic acids is 1. The lowest BCUT2D eigenvalue weighted by Crippen LogP contribution is -2.35. The molecule has 0 aliphatic rings. The van der Waals surface area contributed by atoms with Gasteiger partial charge in [-0.25, -0.2) is 9.59 Å². The maximum atomic E-state index is 11.9. The monoisotopic (exact) mass is 347 g/mol. The highest BCUT2D eigenvalue weighted by Crippen LogP contribution is 2.26. The van der Waals surface area contributed by atoms with E-state index in [-0.39, 0.29) is 18.8 Å². The normalized spacial score (nSPS) is 10.3. The van der Waals surface area contributed by atoms with E-state index >= 15 is 0 Å². The number of aromatic amines is 1. The zero-order valence-electron chi connectivity index (χ0n) is 13.7. The van der Waals surface area contributed by atoms with Gasteiger partial charge in [-0.05, 0) is 25.5 Å². The molecule has 0 atom stereocenters. The van der Waals surface area contributed by atoms with Crippen LogP contribution in [-0.4, -0.2) is 27.1 Å². The van der Waals surface area contributed by atoms with Crippen LogP contribution in [0.25, 0.3) is 0 Å². The van der Waals surface area contributed by atoms with E-state index in [9.17, 15) is 24.5 Å². The van der Waals surface area contributed by atoms with E-state index in [0.29, 0.717) is 16.8 Å². The van der Waals surface area contributed by atoms with Gasteiger partial charge < -0.3 is 10.6 Å². The van der Waals surface area contributed by atoms with Crippen LogP contribution in [0.1, 0.15) is 11.1 Å². The minimum Gasteiger partial charge on any atom is -0.336 e. The highest BCUT2D eigenvalue weighted by molar-refractivity contribution is 5.90. The molecule has 2 amide bonds. The van der Waals surface area contributed by atoms with Crippen LogP contribution in [0.4, 0.5) is 16.2 Å². The third kappa shape index (κ3) is 4.53. The Bertz CT molecular complexity index is 931. The number of anilines is 1. The summed E-state index contributed by atoms with van der Waals surface area (Å²) < 4.78 is 1.24. The molecule has 0 fully saturated rings. The molecular formula is C15H17N5O5. The van der Waals surface area contributed by atoms with Crippen LogP contribution in [0.3, 0.4) is 0 Å². The summed E-state index contributed by atoms with van der Waals surface area (Å²) in [7, 11) is 0. The summed E-state index contributed by atoms with van der Waals surface area (Å²) in [5.41, 5.74) is 0.376. The molecule has 0 radical (unpaired) electrons. The van der Waals surface area contributed by atoms with E-state index in [1.807, 2.05) is 0 Å². The summed E-state index contributed by atoms with van der Waals surface area (Å²) in [6.07, 6.45) is 1.33. The lowest BCUT2D eigenvalue weighted by Gasteiger charge is -2.11. The third-order valence-electron chi connectivity index (χ3n) is 3.52. The highest BCUT2D eigenvalue weighted by Gasteiger charge is 2.14. The molecule has 0 saturated carbocycles. The first kappa shape index (κ1) is 17.9. The number of amides is 2. The second-order valence-corrected chi connectivity index (χ2v) is 5.40. The summed E-state index contributed by atoms with van der Waals surface area (Å²) in [6, 6.07) is 3.57. The smallest absolute Gasteiger partial charge is 0.328 e. The van der Waals surface area contributed by atoms with Gasteiger partial charge in [-0.2, -0.15) is 0 Å². The SMILES string of the molecule is Cc1cc(C)c([N+](=O)[O-])cc1NC(=O)NCCn1ccc(=O)[nH]c1=O. The molecule has 0 aliphatic heterocycles. The first-order valence-corrected chi connectivity index (χ1v) is 7.38. The van der Waals surface area contributed by atoms with Gasteiger partial charge in [0.25, 0.3) is 11.2 Å². The molecule has 0 aliphatic carbocycles. The Kier molecular flexibility index (Phi) is 5.32. The fourth-order valence-electron chi connectivity index (χ4n) is 2.25. The zero-order valence-corrected chi connectivity index (χ0v) is 13.7. The molecule has 0 unspecified atom stereocenters. The Balaban J connectivity index is 1.98. The van der Waals surface area contributed by atoms with Gasteiger partial charge in [-0.3, -0.25) is 24.5 Å². The molecule has 0 saturated heterocycles. The molecule has 10 nitrogen and oxygen atoms in total. The Labute approximate surface area is 141 Å². The predicted octanol–water partition coefficient (Wildman–Crippen LogP) is 0.883. The number of carbonyl (C=O) groups is 1. The fraction of sp³-hybridized carbons (Fsp3) is 0.267. The molecule has 2 rings (SSSR count). The number of H-pyrrole nitrogens is 1. The standard InChI is InChI=1S/C15H17N5O5/c1-9-7-10(2)12(20(24)25)8-11(9)17-14(22)16-4-6-19-5-3-13(21)18-15(19)23/h3,5,7-8H,4,6H2,1-2H3,(H2,16,17,22)(H,18,21,23). The molecule has 1 aromatic heterocycles. The van der Waals surface area contributed by atoms with Crippen molar-refractivity contribution in [3.05, 3.63) is 66.5 Å². The van der Waals surface area contributed by atoms with E-state index < -0.39 is 22.2 Å². The third-order valence-corrected chi connectivity index (χ3v) is 3.52. The first-order chi connectivity index (χ1) is 11.8. The minimum atomic E-state index is -0.570. The largest absolute Gasteiger partial charge is 0.336 e. The van der Waals surface area contributed by atoms with Gasteiger partial charge in [0.1, 0.15) is 0 Å². The molecule has 3 N–H and O–H groups in total. The van der Waals surface area contributed by atoms with Crippen LogP contribution in [0.2, 0.25) is 0 Å². The van der Waals surface area contributed by atoms with Gasteiger partial charge >= 0.3 is 11.7 Å². The van der Waals surface area contributed by atoms with Crippen LogP contribution in [0.5, 0.6) is 0 Å². The first-order valence-electron chi connectivity index (χ1n) is 7.38. The van der Waals surface area contributed by atoms with E-state index in [1.165, 1.54) is 22.9 Å². The second kappa shape index (κ2) is 7.43. The predicted molar refractivity (Wildman–Crippen MR) is 90.9 cm³/mol. The van der Waals surface area contributed by atoms with Crippen LogP contribution >= 0.6 is 0 Å². The zero-order chi connectivity index (χ0) is 18.6. The number of hydrogen-bond acceptors (Lipinski definition) is 5. The van der Waals surface area contributed by atoms with Crippen LogP contribution in [0.15, 0.2) is 34.0 Å². The molecule has 10 heteroatoms. The molecule has 25 heavy (non-hydrogen) atoms. The maximum Gasteiger partial charge on any atom is 0.328 e. The summed E-state index contributed by atoms with van der Waals surface area (Å²) in [6.45, 7) is 3.64. The van der Waals surface area contributed by atoms with Crippen molar-refractivity contribution in [2.45, 2.75) is 20.4 Å². The quantitative estimate of drug-likeness (QED) is 0.544. The number of urea groups is 1. The lowest BCUT2D eigenvalue weighted by molar-refractivity contribution is -0.385. The van der Waals surface area contributed by atoms with Gasteiger partial charge in [-0.1, -0.05) is 0 Å². The van der Waals surface area contributed by atoms with Gasteiger partial charge in [0, 0.05) is 37.0 Å². The molecule has 1 aromatic carbocycles. The van der Waals surface area contributed by atoms with Crippen molar-refractivity contribution in [3.63, 3.8) is 0 Å². The van der Waals surface area contributed by atoms with Gasteiger partial charge in [-0.15, -0.1) is 0 Å². The lowest BCUT2D eigenvalue weighted by atomic mass is 10.1. The maximum absolute atomic E-state index is 11.9. The van der Waals surface area contributed by atoms with E-state index in [1.54, 1.807) is 19.9 Å². The molecule has 2 aromatic rings. The number of nitro groups is 1. The number of nitrogens with one attached hydrogen (secondary N) is 3. The number of benzene rings is 1. The van der Waals surface area contributed by atoms with Crippen molar-refractivity contribution in [1.29, 1.82) is 0 Å². The summed E-state index contributed by atoms with van der Waals surface area (Å²) in [4.78, 5) is 47.0. The molecule has 1 heterocycles. The van der Waals surface area contributed by atoms with Crippen LogP contribution in [0, 0.1) is 24.0 Å². The Hall–Kier alpha value is -3.43. The van der Waals surface area contributed by atoms with Crippen molar-refractivity contribution >= 4 is 17.4 Å².